The van der Waals surface area contributed by atoms with E-state index in [2.05, 4.69) is 10.6 Å². The molecular formula is C11H19N3O2. The molecule has 0 aromatic carbocycles. The highest BCUT2D eigenvalue weighted by molar-refractivity contribution is 5.77. The molecule has 0 aliphatic carbocycles. The molecule has 1 fully saturated rings. The van der Waals surface area contributed by atoms with E-state index in [-0.39, 0.29) is 12.5 Å². The van der Waals surface area contributed by atoms with Crippen LogP contribution in [0.15, 0.2) is 0 Å². The normalized spacial score (nSPS) is 20.1. The van der Waals surface area contributed by atoms with Crippen LogP contribution in [0, 0.1) is 17.2 Å². The summed E-state index contributed by atoms with van der Waals surface area (Å²) in [6, 6.07) is 1.97. The largest absolute Gasteiger partial charge is 0.371 e. The quantitative estimate of drug-likeness (QED) is 0.626. The van der Waals surface area contributed by atoms with Gasteiger partial charge in [0, 0.05) is 13.1 Å². The molecule has 0 radical (unpaired) electrons. The van der Waals surface area contributed by atoms with Crippen molar-refractivity contribution in [2.75, 3.05) is 32.8 Å². The summed E-state index contributed by atoms with van der Waals surface area (Å²) >= 11 is 0. The summed E-state index contributed by atoms with van der Waals surface area (Å²) in [7, 11) is 0. The van der Waals surface area contributed by atoms with Crippen molar-refractivity contribution in [3.63, 3.8) is 0 Å². The molecule has 0 aromatic heterocycles. The van der Waals surface area contributed by atoms with E-state index in [1.807, 2.05) is 6.07 Å². The molecule has 1 unspecified atom stereocenters. The van der Waals surface area contributed by atoms with Gasteiger partial charge in [-0.25, -0.2) is 0 Å². The predicted molar refractivity (Wildman–Crippen MR) is 59.7 cm³/mol. The molecule has 0 bridgehead atoms. The molecule has 2 N–H and O–H groups in total. The molecule has 1 rings (SSSR count). The number of rotatable bonds is 6. The molecule has 1 atom stereocenters. The predicted octanol–water partition coefficient (Wildman–Crippen LogP) is 0.0325. The summed E-state index contributed by atoms with van der Waals surface area (Å²) in [5.74, 6) is 0.389. The minimum Gasteiger partial charge on any atom is -0.371 e. The van der Waals surface area contributed by atoms with E-state index in [0.717, 1.165) is 13.1 Å². The second-order valence-corrected chi connectivity index (χ2v) is 3.99. The maximum atomic E-state index is 11.2. The molecule has 0 saturated carbocycles. The van der Waals surface area contributed by atoms with E-state index in [1.54, 1.807) is 0 Å². The number of carbonyl (C=O) groups excluding carboxylic acids is 1. The minimum atomic E-state index is -0.140. The van der Waals surface area contributed by atoms with Crippen LogP contribution in [0.2, 0.25) is 0 Å². The third kappa shape index (κ3) is 5.69. The third-order valence-corrected chi connectivity index (χ3v) is 2.54. The molecule has 1 amide bonds. The van der Waals surface area contributed by atoms with Gasteiger partial charge in [-0.3, -0.25) is 4.79 Å². The van der Waals surface area contributed by atoms with Crippen molar-refractivity contribution in [2.24, 2.45) is 5.92 Å². The van der Waals surface area contributed by atoms with Crippen molar-refractivity contribution in [3.05, 3.63) is 0 Å². The minimum absolute atomic E-state index is 0.0991. The first-order valence-corrected chi connectivity index (χ1v) is 5.75. The average Bonchev–Trinajstić information content (AvgIpc) is 2.31. The fourth-order valence-corrected chi connectivity index (χ4v) is 1.69. The zero-order valence-electron chi connectivity index (χ0n) is 9.50. The smallest absolute Gasteiger partial charge is 0.246 e. The molecule has 1 heterocycles. The monoisotopic (exact) mass is 225 g/mol. The van der Waals surface area contributed by atoms with E-state index < -0.39 is 0 Å². The van der Waals surface area contributed by atoms with Crippen LogP contribution < -0.4 is 10.6 Å². The van der Waals surface area contributed by atoms with Crippen molar-refractivity contribution < 1.29 is 9.53 Å². The highest BCUT2D eigenvalue weighted by Gasteiger charge is 2.13. The topological polar surface area (TPSA) is 74.2 Å². The summed E-state index contributed by atoms with van der Waals surface area (Å²) in [6.07, 6.45) is 2.70. The number of piperidine rings is 1. The average molecular weight is 225 g/mol. The van der Waals surface area contributed by atoms with Gasteiger partial charge in [0.1, 0.15) is 6.61 Å². The molecule has 16 heavy (non-hydrogen) atoms. The lowest BCUT2D eigenvalue weighted by Gasteiger charge is -2.22. The Morgan fingerprint density at radius 2 is 2.50 bits per heavy atom. The first-order chi connectivity index (χ1) is 7.83. The standard InChI is InChI=1S/C11H19N3O2/c12-4-2-6-14-11(15)9-16-8-10-3-1-5-13-7-10/h10,13H,1-3,5-9H2,(H,14,15). The second-order valence-electron chi connectivity index (χ2n) is 3.99. The molecule has 90 valence electrons. The molecule has 1 aliphatic heterocycles. The van der Waals surface area contributed by atoms with Crippen LogP contribution in [-0.4, -0.2) is 38.8 Å². The first kappa shape index (κ1) is 12.9. The Balaban J connectivity index is 1.97. The summed E-state index contributed by atoms with van der Waals surface area (Å²) in [5.41, 5.74) is 0. The van der Waals surface area contributed by atoms with Crippen molar-refractivity contribution in [1.29, 1.82) is 5.26 Å². The molecule has 1 aliphatic rings. The fourth-order valence-electron chi connectivity index (χ4n) is 1.69. The Morgan fingerprint density at radius 1 is 1.62 bits per heavy atom. The van der Waals surface area contributed by atoms with Gasteiger partial charge in [0.25, 0.3) is 0 Å². The van der Waals surface area contributed by atoms with Gasteiger partial charge >= 0.3 is 0 Å². The second kappa shape index (κ2) is 8.08. The third-order valence-electron chi connectivity index (χ3n) is 2.54. The Labute approximate surface area is 96.2 Å². The zero-order chi connectivity index (χ0) is 11.6. The maximum absolute atomic E-state index is 11.2. The Morgan fingerprint density at radius 3 is 3.19 bits per heavy atom. The van der Waals surface area contributed by atoms with E-state index in [1.165, 1.54) is 12.8 Å². The highest BCUT2D eigenvalue weighted by Crippen LogP contribution is 2.09. The van der Waals surface area contributed by atoms with Crippen LogP contribution >= 0.6 is 0 Å². The molecule has 0 aromatic rings. The Hall–Kier alpha value is -1.12. The van der Waals surface area contributed by atoms with Gasteiger partial charge in [-0.15, -0.1) is 0 Å². The van der Waals surface area contributed by atoms with E-state index in [0.29, 0.717) is 25.5 Å². The fraction of sp³-hybridized carbons (Fsp3) is 0.818. The van der Waals surface area contributed by atoms with Crippen molar-refractivity contribution >= 4 is 5.91 Å². The molecule has 5 nitrogen and oxygen atoms in total. The van der Waals surface area contributed by atoms with Gasteiger partial charge in [0.2, 0.25) is 5.91 Å². The lowest BCUT2D eigenvalue weighted by Crippen LogP contribution is -2.34. The van der Waals surface area contributed by atoms with Crippen molar-refractivity contribution in [3.8, 4) is 6.07 Å². The number of ether oxygens (including phenoxy) is 1. The lowest BCUT2D eigenvalue weighted by atomic mass is 10.0. The number of nitrogens with zero attached hydrogens (tertiary/aromatic N) is 1. The van der Waals surface area contributed by atoms with Gasteiger partial charge in [0.15, 0.2) is 0 Å². The lowest BCUT2D eigenvalue weighted by molar-refractivity contribution is -0.126. The Bertz CT molecular complexity index is 244. The van der Waals surface area contributed by atoms with Crippen molar-refractivity contribution in [2.45, 2.75) is 19.3 Å². The summed E-state index contributed by atoms with van der Waals surface area (Å²) in [5, 5.41) is 14.2. The first-order valence-electron chi connectivity index (χ1n) is 5.75. The van der Waals surface area contributed by atoms with Gasteiger partial charge in [-0.05, 0) is 25.3 Å². The van der Waals surface area contributed by atoms with Crippen LogP contribution in [0.5, 0.6) is 0 Å². The van der Waals surface area contributed by atoms with Gasteiger partial charge < -0.3 is 15.4 Å². The highest BCUT2D eigenvalue weighted by atomic mass is 16.5. The van der Waals surface area contributed by atoms with Crippen LogP contribution in [0.25, 0.3) is 0 Å². The molecular weight excluding hydrogens is 206 g/mol. The zero-order valence-corrected chi connectivity index (χ0v) is 9.50. The van der Waals surface area contributed by atoms with Gasteiger partial charge in [-0.2, -0.15) is 5.26 Å². The number of carbonyl (C=O) groups is 1. The van der Waals surface area contributed by atoms with E-state index in [9.17, 15) is 4.79 Å². The number of hydrogen-bond acceptors (Lipinski definition) is 4. The summed E-state index contributed by atoms with van der Waals surface area (Å²) in [4.78, 5) is 11.2. The molecule has 1 saturated heterocycles. The Kier molecular flexibility index (Phi) is 6.54. The van der Waals surface area contributed by atoms with E-state index in [4.69, 9.17) is 10.00 Å². The van der Waals surface area contributed by atoms with Crippen LogP contribution in [0.4, 0.5) is 0 Å². The van der Waals surface area contributed by atoms with Crippen molar-refractivity contribution in [1.82, 2.24) is 10.6 Å². The number of nitrogens with one attached hydrogen (secondary N) is 2. The van der Waals surface area contributed by atoms with Crippen LogP contribution in [0.1, 0.15) is 19.3 Å². The summed E-state index contributed by atoms with van der Waals surface area (Å²) < 4.78 is 5.33. The van der Waals surface area contributed by atoms with Gasteiger partial charge in [0.05, 0.1) is 19.1 Å². The summed E-state index contributed by atoms with van der Waals surface area (Å²) in [6.45, 7) is 3.21. The molecule has 5 heteroatoms. The van der Waals surface area contributed by atoms with Gasteiger partial charge in [-0.1, -0.05) is 0 Å². The number of nitriles is 1. The van der Waals surface area contributed by atoms with Crippen LogP contribution in [-0.2, 0) is 9.53 Å². The number of hydrogen-bond donors (Lipinski definition) is 2. The van der Waals surface area contributed by atoms with Crippen LogP contribution in [0.3, 0.4) is 0 Å². The number of amides is 1. The molecule has 0 spiro atoms. The van der Waals surface area contributed by atoms with E-state index >= 15 is 0 Å². The SMILES string of the molecule is N#CCCNC(=O)COCC1CCCNC1. The maximum Gasteiger partial charge on any atom is 0.246 e.